The second kappa shape index (κ2) is 9.12. The van der Waals surface area contributed by atoms with Gasteiger partial charge in [0.05, 0.1) is 17.9 Å². The van der Waals surface area contributed by atoms with Gasteiger partial charge in [-0.05, 0) is 18.4 Å². The first-order chi connectivity index (χ1) is 10.0. The van der Waals surface area contributed by atoms with Crippen LogP contribution in [-0.4, -0.2) is 48.9 Å². The van der Waals surface area contributed by atoms with Crippen molar-refractivity contribution in [3.05, 3.63) is 22.4 Å². The number of nitrogens with zero attached hydrogens (tertiary/aromatic N) is 1. The van der Waals surface area contributed by atoms with Gasteiger partial charge in [0.1, 0.15) is 0 Å². The van der Waals surface area contributed by atoms with Gasteiger partial charge in [-0.25, -0.2) is 0 Å². The number of ether oxygens (including phenoxy) is 1. The average Bonchev–Trinajstić information content (AvgIpc) is 2.95. The Morgan fingerprint density at radius 1 is 1.33 bits per heavy atom. The van der Waals surface area contributed by atoms with E-state index in [9.17, 15) is 14.4 Å². The Morgan fingerprint density at radius 3 is 2.67 bits per heavy atom. The Balaban J connectivity index is 2.58. The number of carbonyl (C=O) groups excluding carboxylic acids is 3. The van der Waals surface area contributed by atoms with Gasteiger partial charge in [-0.15, -0.1) is 11.3 Å². The van der Waals surface area contributed by atoms with Crippen LogP contribution in [0.1, 0.15) is 29.9 Å². The van der Waals surface area contributed by atoms with Gasteiger partial charge >= 0.3 is 5.97 Å². The molecule has 0 saturated heterocycles. The van der Waals surface area contributed by atoms with E-state index in [4.69, 9.17) is 4.74 Å². The fraction of sp³-hybridized carbons (Fsp3) is 0.500. The molecule has 2 amide bonds. The molecule has 0 unspecified atom stereocenters. The first kappa shape index (κ1) is 17.2. The molecule has 0 bridgehead atoms. The Kier molecular flexibility index (Phi) is 7.45. The summed E-state index contributed by atoms with van der Waals surface area (Å²) in [6.45, 7) is 4.47. The number of rotatable bonds is 8. The predicted molar refractivity (Wildman–Crippen MR) is 80.2 cm³/mol. The van der Waals surface area contributed by atoms with E-state index in [-0.39, 0.29) is 30.7 Å². The minimum atomic E-state index is -0.332. The molecule has 1 aromatic rings. The molecule has 0 atom stereocenters. The smallest absolute Gasteiger partial charge is 0.307 e. The first-order valence-electron chi connectivity index (χ1n) is 6.77. The first-order valence-corrected chi connectivity index (χ1v) is 7.65. The Labute approximate surface area is 128 Å². The molecule has 1 heterocycles. The lowest BCUT2D eigenvalue weighted by Crippen LogP contribution is -2.39. The maximum atomic E-state index is 12.3. The summed E-state index contributed by atoms with van der Waals surface area (Å²) in [6.07, 6.45) is 0.144. The van der Waals surface area contributed by atoms with Crippen molar-refractivity contribution in [3.63, 3.8) is 0 Å². The van der Waals surface area contributed by atoms with E-state index >= 15 is 0 Å². The number of hydrogen-bond acceptors (Lipinski definition) is 5. The van der Waals surface area contributed by atoms with Crippen molar-refractivity contribution in [1.82, 2.24) is 10.2 Å². The molecule has 0 spiro atoms. The molecule has 0 aliphatic heterocycles. The third-order valence-corrected chi connectivity index (χ3v) is 3.52. The third kappa shape index (κ3) is 6.40. The number of carbonyl (C=O) groups is 3. The van der Waals surface area contributed by atoms with Crippen LogP contribution in [-0.2, 0) is 14.3 Å². The van der Waals surface area contributed by atoms with Gasteiger partial charge in [0.2, 0.25) is 5.91 Å². The van der Waals surface area contributed by atoms with E-state index in [2.05, 4.69) is 5.32 Å². The van der Waals surface area contributed by atoms with E-state index in [1.54, 1.807) is 24.0 Å². The Bertz CT molecular complexity index is 473. The SMILES string of the molecule is CCOC(=O)CCN(CCNC(C)=O)C(=O)c1cccs1. The molecular weight excluding hydrogens is 292 g/mol. The number of thiophene rings is 1. The van der Waals surface area contributed by atoms with E-state index in [1.165, 1.54) is 18.3 Å². The van der Waals surface area contributed by atoms with E-state index < -0.39 is 0 Å². The normalized spacial score (nSPS) is 10.0. The zero-order valence-electron chi connectivity index (χ0n) is 12.3. The number of esters is 1. The van der Waals surface area contributed by atoms with Gasteiger partial charge in [0, 0.05) is 26.6 Å². The standard InChI is InChI=1S/C14H20N2O4S/c1-3-20-13(18)6-8-16(9-7-15-11(2)17)14(19)12-5-4-10-21-12/h4-5,10H,3,6-9H2,1-2H3,(H,15,17). The highest BCUT2D eigenvalue weighted by molar-refractivity contribution is 7.12. The molecule has 0 radical (unpaired) electrons. The summed E-state index contributed by atoms with van der Waals surface area (Å²) in [7, 11) is 0. The number of amides is 2. The second-order valence-corrected chi connectivity index (χ2v) is 5.26. The van der Waals surface area contributed by atoms with Crippen molar-refractivity contribution < 1.29 is 19.1 Å². The fourth-order valence-corrected chi connectivity index (χ4v) is 2.39. The molecule has 0 saturated carbocycles. The van der Waals surface area contributed by atoms with Gasteiger partial charge in [-0.2, -0.15) is 0 Å². The fourth-order valence-electron chi connectivity index (χ4n) is 1.70. The molecule has 7 heteroatoms. The van der Waals surface area contributed by atoms with Crippen LogP contribution >= 0.6 is 11.3 Å². The summed E-state index contributed by atoms with van der Waals surface area (Å²) < 4.78 is 4.86. The van der Waals surface area contributed by atoms with Crippen LogP contribution in [0.15, 0.2) is 17.5 Å². The zero-order chi connectivity index (χ0) is 15.7. The molecule has 116 valence electrons. The zero-order valence-corrected chi connectivity index (χ0v) is 13.1. The maximum absolute atomic E-state index is 12.3. The van der Waals surface area contributed by atoms with Crippen molar-refractivity contribution >= 4 is 29.1 Å². The van der Waals surface area contributed by atoms with Crippen LogP contribution in [0.5, 0.6) is 0 Å². The van der Waals surface area contributed by atoms with Crippen molar-refractivity contribution in [2.75, 3.05) is 26.2 Å². The second-order valence-electron chi connectivity index (χ2n) is 4.31. The van der Waals surface area contributed by atoms with Gasteiger partial charge in [-0.1, -0.05) is 6.07 Å². The number of hydrogen-bond donors (Lipinski definition) is 1. The quantitative estimate of drug-likeness (QED) is 0.734. The summed E-state index contributed by atoms with van der Waals surface area (Å²) in [5, 5.41) is 4.47. The molecule has 0 fully saturated rings. The van der Waals surface area contributed by atoms with Crippen molar-refractivity contribution in [3.8, 4) is 0 Å². The summed E-state index contributed by atoms with van der Waals surface area (Å²) in [5.41, 5.74) is 0. The molecule has 1 rings (SSSR count). The minimum Gasteiger partial charge on any atom is -0.466 e. The lowest BCUT2D eigenvalue weighted by atomic mass is 10.3. The van der Waals surface area contributed by atoms with E-state index in [0.717, 1.165) is 0 Å². The highest BCUT2D eigenvalue weighted by Crippen LogP contribution is 2.12. The van der Waals surface area contributed by atoms with Gasteiger partial charge in [0.15, 0.2) is 0 Å². The topological polar surface area (TPSA) is 75.7 Å². The largest absolute Gasteiger partial charge is 0.466 e. The predicted octanol–water partition coefficient (Wildman–Crippen LogP) is 1.28. The molecule has 6 nitrogen and oxygen atoms in total. The number of nitrogens with one attached hydrogen (secondary N) is 1. The highest BCUT2D eigenvalue weighted by atomic mass is 32.1. The van der Waals surface area contributed by atoms with Crippen molar-refractivity contribution in [2.24, 2.45) is 0 Å². The lowest BCUT2D eigenvalue weighted by Gasteiger charge is -2.21. The lowest BCUT2D eigenvalue weighted by molar-refractivity contribution is -0.143. The van der Waals surface area contributed by atoms with Crippen LogP contribution in [0.4, 0.5) is 0 Å². The molecule has 21 heavy (non-hydrogen) atoms. The van der Waals surface area contributed by atoms with Gasteiger partial charge in [-0.3, -0.25) is 14.4 Å². The van der Waals surface area contributed by atoms with Crippen LogP contribution in [0, 0.1) is 0 Å². The van der Waals surface area contributed by atoms with Crippen molar-refractivity contribution in [2.45, 2.75) is 20.3 Å². The molecule has 0 aliphatic carbocycles. The molecule has 0 aliphatic rings. The molecule has 1 aromatic heterocycles. The minimum absolute atomic E-state index is 0.139. The summed E-state index contributed by atoms with van der Waals surface area (Å²) in [5.74, 6) is -0.621. The molecule has 1 N–H and O–H groups in total. The summed E-state index contributed by atoms with van der Waals surface area (Å²) >= 11 is 1.35. The highest BCUT2D eigenvalue weighted by Gasteiger charge is 2.17. The monoisotopic (exact) mass is 312 g/mol. The summed E-state index contributed by atoms with van der Waals surface area (Å²) in [4.78, 5) is 36.8. The molecular formula is C14H20N2O4S. The van der Waals surface area contributed by atoms with E-state index in [0.29, 0.717) is 24.6 Å². The summed E-state index contributed by atoms with van der Waals surface area (Å²) in [6, 6.07) is 3.54. The maximum Gasteiger partial charge on any atom is 0.307 e. The van der Waals surface area contributed by atoms with Gasteiger partial charge in [0.25, 0.3) is 5.91 Å². The average molecular weight is 312 g/mol. The van der Waals surface area contributed by atoms with Crippen LogP contribution in [0.2, 0.25) is 0 Å². The van der Waals surface area contributed by atoms with Crippen molar-refractivity contribution in [1.29, 1.82) is 0 Å². The van der Waals surface area contributed by atoms with Gasteiger partial charge < -0.3 is 15.0 Å². The Hall–Kier alpha value is -1.89. The van der Waals surface area contributed by atoms with Crippen LogP contribution < -0.4 is 5.32 Å². The van der Waals surface area contributed by atoms with E-state index in [1.807, 2.05) is 5.38 Å². The van der Waals surface area contributed by atoms with Crippen LogP contribution in [0.3, 0.4) is 0 Å². The third-order valence-electron chi connectivity index (χ3n) is 2.67. The van der Waals surface area contributed by atoms with Crippen LogP contribution in [0.25, 0.3) is 0 Å². The molecule has 0 aromatic carbocycles. The Morgan fingerprint density at radius 2 is 2.10 bits per heavy atom.